The average molecular weight is 292 g/mol. The van der Waals surface area contributed by atoms with Crippen molar-refractivity contribution in [1.29, 1.82) is 0 Å². The first kappa shape index (κ1) is 15.0. The van der Waals surface area contributed by atoms with Gasteiger partial charge in [0.1, 0.15) is 0 Å². The van der Waals surface area contributed by atoms with Gasteiger partial charge in [0.25, 0.3) is 0 Å². The summed E-state index contributed by atoms with van der Waals surface area (Å²) in [6.45, 7) is 0.810. The van der Waals surface area contributed by atoms with Gasteiger partial charge in [0.15, 0.2) is 0 Å². The zero-order valence-electron chi connectivity index (χ0n) is 11.4. The second-order valence-corrected chi connectivity index (χ2v) is 6.78. The molecule has 5 heteroatoms. The molecular formula is C15H20N2O2S. The van der Waals surface area contributed by atoms with Crippen molar-refractivity contribution in [2.75, 3.05) is 13.1 Å². The summed E-state index contributed by atoms with van der Waals surface area (Å²) in [7, 11) is -3.40. The third-order valence-electron chi connectivity index (χ3n) is 3.57. The van der Waals surface area contributed by atoms with Gasteiger partial charge in [0, 0.05) is 12.1 Å². The van der Waals surface area contributed by atoms with E-state index in [4.69, 9.17) is 5.73 Å². The lowest BCUT2D eigenvalue weighted by atomic mass is 9.83. The lowest BCUT2D eigenvalue weighted by Crippen LogP contribution is -2.27. The van der Waals surface area contributed by atoms with Crippen LogP contribution >= 0.6 is 0 Å². The molecule has 4 nitrogen and oxygen atoms in total. The number of rotatable bonds is 5. The number of sulfonamides is 1. The van der Waals surface area contributed by atoms with Gasteiger partial charge in [0.2, 0.25) is 10.0 Å². The van der Waals surface area contributed by atoms with Crippen LogP contribution < -0.4 is 10.5 Å². The Kier molecular flexibility index (Phi) is 5.18. The maximum atomic E-state index is 12.1. The maximum absolute atomic E-state index is 12.1. The summed E-state index contributed by atoms with van der Waals surface area (Å²) in [6, 6.07) is 6.55. The molecule has 1 aromatic rings. The lowest BCUT2D eigenvalue weighted by Gasteiger charge is -2.25. The van der Waals surface area contributed by atoms with Crippen molar-refractivity contribution in [3.63, 3.8) is 0 Å². The van der Waals surface area contributed by atoms with Crippen molar-refractivity contribution < 1.29 is 8.42 Å². The first-order chi connectivity index (χ1) is 9.62. The zero-order valence-corrected chi connectivity index (χ0v) is 12.2. The minimum atomic E-state index is -3.40. The summed E-state index contributed by atoms with van der Waals surface area (Å²) >= 11 is 0. The van der Waals surface area contributed by atoms with Crippen LogP contribution in [-0.2, 0) is 10.0 Å². The highest BCUT2D eigenvalue weighted by Gasteiger charge is 2.19. The Bertz CT molecular complexity index is 593. The predicted octanol–water partition coefficient (Wildman–Crippen LogP) is 1.47. The van der Waals surface area contributed by atoms with E-state index in [1.807, 2.05) is 0 Å². The lowest BCUT2D eigenvalue weighted by molar-refractivity contribution is 0.297. The molecule has 0 heterocycles. The Morgan fingerprint density at radius 1 is 1.25 bits per heavy atom. The monoisotopic (exact) mass is 292 g/mol. The van der Waals surface area contributed by atoms with E-state index in [0.29, 0.717) is 19.0 Å². The van der Waals surface area contributed by atoms with Gasteiger partial charge in [0.05, 0.1) is 11.4 Å². The largest absolute Gasteiger partial charge is 0.320 e. The summed E-state index contributed by atoms with van der Waals surface area (Å²) < 4.78 is 26.8. The van der Waals surface area contributed by atoms with Crippen molar-refractivity contribution in [3.8, 4) is 11.8 Å². The third-order valence-corrected chi connectivity index (χ3v) is 5.05. The third kappa shape index (κ3) is 4.07. The summed E-state index contributed by atoms with van der Waals surface area (Å²) in [5.74, 6) is 6.30. The summed E-state index contributed by atoms with van der Waals surface area (Å²) in [5, 5.41) is 0. The number of nitrogens with one attached hydrogen (secondary N) is 1. The van der Waals surface area contributed by atoms with Crippen LogP contribution in [0, 0.1) is 17.8 Å². The topological polar surface area (TPSA) is 72.2 Å². The van der Waals surface area contributed by atoms with E-state index in [0.717, 1.165) is 12.0 Å². The maximum Gasteiger partial charge on any atom is 0.240 e. The standard InChI is InChI=1S/C15H20N2O2S/c16-11-2-5-14-6-8-15(9-7-14)20(18,19)17-12-10-13-3-1-4-13/h6-9,13,17H,1,3-4,10-12,16H2. The Morgan fingerprint density at radius 2 is 1.95 bits per heavy atom. The molecule has 0 amide bonds. The minimum Gasteiger partial charge on any atom is -0.320 e. The number of benzene rings is 1. The highest BCUT2D eigenvalue weighted by molar-refractivity contribution is 7.89. The average Bonchev–Trinajstić information content (AvgIpc) is 2.40. The molecule has 20 heavy (non-hydrogen) atoms. The van der Waals surface area contributed by atoms with Crippen LogP contribution in [-0.4, -0.2) is 21.5 Å². The van der Waals surface area contributed by atoms with Gasteiger partial charge in [-0.05, 0) is 36.6 Å². The summed E-state index contributed by atoms with van der Waals surface area (Å²) in [4.78, 5) is 0.282. The molecular weight excluding hydrogens is 272 g/mol. The molecule has 0 aliphatic heterocycles. The molecule has 0 spiro atoms. The molecule has 0 bridgehead atoms. The van der Waals surface area contributed by atoms with E-state index in [1.54, 1.807) is 24.3 Å². The van der Waals surface area contributed by atoms with Crippen molar-refractivity contribution in [1.82, 2.24) is 4.72 Å². The second kappa shape index (κ2) is 6.89. The second-order valence-electron chi connectivity index (χ2n) is 5.01. The van der Waals surface area contributed by atoms with Crippen LogP contribution in [0.25, 0.3) is 0 Å². The smallest absolute Gasteiger partial charge is 0.240 e. The van der Waals surface area contributed by atoms with E-state index in [2.05, 4.69) is 16.6 Å². The molecule has 2 rings (SSSR count). The zero-order chi connectivity index (χ0) is 14.4. The van der Waals surface area contributed by atoms with Gasteiger partial charge in [-0.2, -0.15) is 0 Å². The Labute approximate surface area is 120 Å². The molecule has 0 unspecified atom stereocenters. The van der Waals surface area contributed by atoms with Crippen LogP contribution in [0.15, 0.2) is 29.2 Å². The van der Waals surface area contributed by atoms with E-state index >= 15 is 0 Å². The highest BCUT2D eigenvalue weighted by atomic mass is 32.2. The molecule has 0 saturated heterocycles. The van der Waals surface area contributed by atoms with Crippen molar-refractivity contribution in [2.45, 2.75) is 30.6 Å². The van der Waals surface area contributed by atoms with Crippen LogP contribution in [0.5, 0.6) is 0 Å². The molecule has 0 aromatic heterocycles. The van der Waals surface area contributed by atoms with Gasteiger partial charge in [-0.25, -0.2) is 13.1 Å². The SMILES string of the molecule is NCC#Cc1ccc(S(=O)(=O)NCCC2CCC2)cc1. The fourth-order valence-corrected chi connectivity index (χ4v) is 3.18. The molecule has 3 N–H and O–H groups in total. The fourth-order valence-electron chi connectivity index (χ4n) is 2.13. The van der Waals surface area contributed by atoms with Gasteiger partial charge < -0.3 is 5.73 Å². The fraction of sp³-hybridized carbons (Fsp3) is 0.467. The van der Waals surface area contributed by atoms with Crippen LogP contribution in [0.3, 0.4) is 0 Å². The van der Waals surface area contributed by atoms with Crippen molar-refractivity contribution in [3.05, 3.63) is 29.8 Å². The van der Waals surface area contributed by atoms with E-state index in [1.165, 1.54) is 19.3 Å². The highest BCUT2D eigenvalue weighted by Crippen LogP contribution is 2.28. The quantitative estimate of drug-likeness (QED) is 0.807. The van der Waals surface area contributed by atoms with Crippen LogP contribution in [0.4, 0.5) is 0 Å². The van der Waals surface area contributed by atoms with Gasteiger partial charge in [-0.15, -0.1) is 0 Å². The molecule has 0 atom stereocenters. The van der Waals surface area contributed by atoms with Crippen molar-refractivity contribution in [2.24, 2.45) is 11.7 Å². The minimum absolute atomic E-state index is 0.282. The van der Waals surface area contributed by atoms with Gasteiger partial charge in [-0.1, -0.05) is 31.1 Å². The predicted molar refractivity (Wildman–Crippen MR) is 79.5 cm³/mol. The molecule has 1 aromatic carbocycles. The molecule has 0 radical (unpaired) electrons. The first-order valence-electron chi connectivity index (χ1n) is 6.90. The number of hydrogen-bond acceptors (Lipinski definition) is 3. The van der Waals surface area contributed by atoms with Crippen LogP contribution in [0.2, 0.25) is 0 Å². The van der Waals surface area contributed by atoms with Gasteiger partial charge >= 0.3 is 0 Å². The van der Waals surface area contributed by atoms with E-state index < -0.39 is 10.0 Å². The van der Waals surface area contributed by atoms with Crippen LogP contribution in [0.1, 0.15) is 31.2 Å². The molecule has 1 fully saturated rings. The summed E-state index contributed by atoms with van der Waals surface area (Å²) in [5.41, 5.74) is 6.06. The molecule has 108 valence electrons. The summed E-state index contributed by atoms with van der Waals surface area (Å²) in [6.07, 6.45) is 4.68. The number of nitrogens with two attached hydrogens (primary N) is 1. The van der Waals surface area contributed by atoms with Gasteiger partial charge in [-0.3, -0.25) is 0 Å². The Balaban J connectivity index is 1.93. The van der Waals surface area contributed by atoms with Crippen molar-refractivity contribution >= 4 is 10.0 Å². The Hall–Kier alpha value is -1.35. The normalized spacial score (nSPS) is 15.2. The molecule has 1 saturated carbocycles. The first-order valence-corrected chi connectivity index (χ1v) is 8.39. The molecule has 1 aliphatic rings. The Morgan fingerprint density at radius 3 is 2.50 bits per heavy atom. The molecule has 1 aliphatic carbocycles. The van der Waals surface area contributed by atoms with E-state index in [-0.39, 0.29) is 4.90 Å². The van der Waals surface area contributed by atoms with E-state index in [9.17, 15) is 8.42 Å². The number of hydrogen-bond donors (Lipinski definition) is 2.